The molecule has 1 amide bonds. The van der Waals surface area contributed by atoms with Crippen molar-refractivity contribution in [3.05, 3.63) is 107 Å². The number of anilines is 1. The van der Waals surface area contributed by atoms with Gasteiger partial charge in [-0.15, -0.1) is 0 Å². The monoisotopic (exact) mass is 501 g/mol. The summed E-state index contributed by atoms with van der Waals surface area (Å²) >= 11 is 3.34. The molecule has 164 valence electrons. The number of hydrazone groups is 1. The molecule has 0 fully saturated rings. The molecule has 0 saturated heterocycles. The van der Waals surface area contributed by atoms with Gasteiger partial charge in [0.1, 0.15) is 5.75 Å². The van der Waals surface area contributed by atoms with E-state index in [2.05, 4.69) is 31.8 Å². The fourth-order valence-electron chi connectivity index (χ4n) is 3.18. The second-order valence-electron chi connectivity index (χ2n) is 7.11. The first kappa shape index (κ1) is 22.2. The van der Waals surface area contributed by atoms with Crippen LogP contribution < -0.4 is 15.5 Å². The fourth-order valence-corrected chi connectivity index (χ4v) is 3.63. The Balaban J connectivity index is 1.28. The molecule has 4 rings (SSSR count). The summed E-state index contributed by atoms with van der Waals surface area (Å²) in [6.45, 7) is 0.0925. The summed E-state index contributed by atoms with van der Waals surface area (Å²) in [5.41, 5.74) is 4.59. The van der Waals surface area contributed by atoms with E-state index in [1.54, 1.807) is 42.5 Å². The molecule has 6 nitrogen and oxygen atoms in total. The predicted octanol–water partition coefficient (Wildman–Crippen LogP) is 5.38. The number of esters is 1. The quantitative estimate of drug-likeness (QED) is 0.154. The third-order valence-electron chi connectivity index (χ3n) is 4.82. The summed E-state index contributed by atoms with van der Waals surface area (Å²) < 4.78 is 6.06. The Morgan fingerprint density at radius 2 is 1.61 bits per heavy atom. The molecular weight excluding hydrogens is 482 g/mol. The standard InChI is InChI=1S/C26H20BrN3O3/c27-23-10-4-3-9-22(23)26(32)33-20-14-12-18(13-15-20)16-29-30-25(31)17-28-24-11-5-7-19-6-1-2-8-21(19)24/h1-16,28H,17H2,(H,30,31)/b29-16-. The Bertz CT molecular complexity index is 1310. The molecule has 4 aromatic carbocycles. The molecular formula is C26H20BrN3O3. The molecule has 0 aliphatic rings. The minimum Gasteiger partial charge on any atom is -0.423 e. The van der Waals surface area contributed by atoms with Gasteiger partial charge in [0, 0.05) is 15.5 Å². The number of nitrogens with one attached hydrogen (secondary N) is 2. The molecule has 0 radical (unpaired) electrons. The van der Waals surface area contributed by atoms with Gasteiger partial charge < -0.3 is 10.1 Å². The average molecular weight is 502 g/mol. The Hall–Kier alpha value is -3.97. The van der Waals surface area contributed by atoms with Crippen LogP contribution in [0.2, 0.25) is 0 Å². The maximum atomic E-state index is 12.3. The number of carbonyl (C=O) groups is 2. The van der Waals surface area contributed by atoms with Crippen molar-refractivity contribution in [2.45, 2.75) is 0 Å². The molecule has 0 unspecified atom stereocenters. The lowest BCUT2D eigenvalue weighted by molar-refractivity contribution is -0.119. The summed E-state index contributed by atoms with van der Waals surface area (Å²) in [6.07, 6.45) is 1.52. The van der Waals surface area contributed by atoms with Gasteiger partial charge in [-0.3, -0.25) is 4.79 Å². The van der Waals surface area contributed by atoms with Gasteiger partial charge in [0.15, 0.2) is 0 Å². The summed E-state index contributed by atoms with van der Waals surface area (Å²) in [4.78, 5) is 24.4. The van der Waals surface area contributed by atoms with Crippen molar-refractivity contribution in [3.63, 3.8) is 0 Å². The van der Waals surface area contributed by atoms with E-state index in [0.29, 0.717) is 15.8 Å². The first-order valence-corrected chi connectivity index (χ1v) is 11.0. The number of benzene rings is 4. The number of fused-ring (bicyclic) bond motifs is 1. The lowest BCUT2D eigenvalue weighted by Crippen LogP contribution is -2.25. The van der Waals surface area contributed by atoms with Crippen LogP contribution in [0.1, 0.15) is 15.9 Å². The number of carbonyl (C=O) groups excluding carboxylic acids is 2. The van der Waals surface area contributed by atoms with E-state index in [-0.39, 0.29) is 12.5 Å². The van der Waals surface area contributed by atoms with Gasteiger partial charge in [0.2, 0.25) is 0 Å². The van der Waals surface area contributed by atoms with Crippen molar-refractivity contribution >= 4 is 50.5 Å². The van der Waals surface area contributed by atoms with Crippen LogP contribution in [-0.2, 0) is 4.79 Å². The number of ether oxygens (including phenoxy) is 1. The second-order valence-corrected chi connectivity index (χ2v) is 7.97. The molecule has 0 saturated carbocycles. The van der Waals surface area contributed by atoms with E-state index in [0.717, 1.165) is 22.0 Å². The van der Waals surface area contributed by atoms with Crippen molar-refractivity contribution in [3.8, 4) is 5.75 Å². The fraction of sp³-hybridized carbons (Fsp3) is 0.0385. The van der Waals surface area contributed by atoms with Gasteiger partial charge in [-0.2, -0.15) is 5.10 Å². The van der Waals surface area contributed by atoms with Crippen LogP contribution in [0.4, 0.5) is 5.69 Å². The molecule has 0 atom stereocenters. The number of halogens is 1. The van der Waals surface area contributed by atoms with Gasteiger partial charge >= 0.3 is 5.97 Å². The highest BCUT2D eigenvalue weighted by atomic mass is 79.9. The first-order chi connectivity index (χ1) is 16.1. The van der Waals surface area contributed by atoms with Gasteiger partial charge in [0.25, 0.3) is 5.91 Å². The summed E-state index contributed by atoms with van der Waals surface area (Å²) in [6, 6.07) is 27.8. The molecule has 0 aliphatic carbocycles. The number of amides is 1. The lowest BCUT2D eigenvalue weighted by atomic mass is 10.1. The molecule has 2 N–H and O–H groups in total. The maximum absolute atomic E-state index is 12.3. The van der Waals surface area contributed by atoms with Crippen LogP contribution in [0, 0.1) is 0 Å². The summed E-state index contributed by atoms with van der Waals surface area (Å²) in [5, 5.41) is 9.28. The highest BCUT2D eigenvalue weighted by molar-refractivity contribution is 9.10. The van der Waals surface area contributed by atoms with Crippen LogP contribution in [0.3, 0.4) is 0 Å². The number of nitrogens with zero attached hydrogens (tertiary/aromatic N) is 1. The van der Waals surface area contributed by atoms with E-state index in [4.69, 9.17) is 4.74 Å². The number of hydrogen-bond acceptors (Lipinski definition) is 5. The first-order valence-electron chi connectivity index (χ1n) is 10.2. The molecule has 4 aromatic rings. The van der Waals surface area contributed by atoms with Crippen LogP contribution in [0.5, 0.6) is 5.75 Å². The van der Waals surface area contributed by atoms with Gasteiger partial charge in [-0.1, -0.05) is 48.5 Å². The van der Waals surface area contributed by atoms with E-state index >= 15 is 0 Å². The topological polar surface area (TPSA) is 79.8 Å². The third kappa shape index (κ3) is 5.84. The highest BCUT2D eigenvalue weighted by Crippen LogP contribution is 2.22. The number of rotatable bonds is 7. The normalized spacial score (nSPS) is 10.8. The predicted molar refractivity (Wildman–Crippen MR) is 134 cm³/mol. The molecule has 0 heterocycles. The molecule has 33 heavy (non-hydrogen) atoms. The Morgan fingerprint density at radius 1 is 0.879 bits per heavy atom. The van der Waals surface area contributed by atoms with Crippen LogP contribution in [0.15, 0.2) is 101 Å². The van der Waals surface area contributed by atoms with Crippen molar-refractivity contribution in [2.75, 3.05) is 11.9 Å². The van der Waals surface area contributed by atoms with E-state index in [9.17, 15) is 9.59 Å². The van der Waals surface area contributed by atoms with Crippen molar-refractivity contribution in [2.24, 2.45) is 5.10 Å². The molecule has 7 heteroatoms. The highest BCUT2D eigenvalue weighted by Gasteiger charge is 2.11. The second kappa shape index (κ2) is 10.6. The Labute approximate surface area is 199 Å². The average Bonchev–Trinajstić information content (AvgIpc) is 2.84. The zero-order valence-corrected chi connectivity index (χ0v) is 19.1. The molecule has 0 aliphatic heterocycles. The Kier molecular flexibility index (Phi) is 7.12. The van der Waals surface area contributed by atoms with Crippen molar-refractivity contribution in [1.82, 2.24) is 5.43 Å². The van der Waals surface area contributed by atoms with E-state index < -0.39 is 5.97 Å². The molecule has 0 aromatic heterocycles. The molecule has 0 bridgehead atoms. The van der Waals surface area contributed by atoms with Crippen LogP contribution in [-0.4, -0.2) is 24.6 Å². The zero-order chi connectivity index (χ0) is 23.0. The lowest BCUT2D eigenvalue weighted by Gasteiger charge is -2.08. The van der Waals surface area contributed by atoms with Crippen molar-refractivity contribution < 1.29 is 14.3 Å². The van der Waals surface area contributed by atoms with Gasteiger partial charge in [-0.25, -0.2) is 10.2 Å². The van der Waals surface area contributed by atoms with E-state index in [1.807, 2.05) is 48.5 Å². The van der Waals surface area contributed by atoms with Crippen molar-refractivity contribution in [1.29, 1.82) is 0 Å². The number of hydrogen-bond donors (Lipinski definition) is 2. The third-order valence-corrected chi connectivity index (χ3v) is 5.51. The summed E-state index contributed by atoms with van der Waals surface area (Å²) in [7, 11) is 0. The van der Waals surface area contributed by atoms with E-state index in [1.165, 1.54) is 6.21 Å². The zero-order valence-electron chi connectivity index (χ0n) is 17.5. The van der Waals surface area contributed by atoms with Crippen LogP contribution in [0.25, 0.3) is 10.8 Å². The summed E-state index contributed by atoms with van der Waals surface area (Å²) in [5.74, 6) is -0.302. The maximum Gasteiger partial charge on any atom is 0.344 e. The molecule has 0 spiro atoms. The van der Waals surface area contributed by atoms with Crippen LogP contribution >= 0.6 is 15.9 Å². The Morgan fingerprint density at radius 3 is 2.42 bits per heavy atom. The SMILES string of the molecule is O=C(CNc1cccc2ccccc12)N/N=C\c1ccc(OC(=O)c2ccccc2Br)cc1. The minimum absolute atomic E-state index is 0.0925. The smallest absolute Gasteiger partial charge is 0.344 e. The minimum atomic E-state index is -0.449. The van der Waals surface area contributed by atoms with Gasteiger partial charge in [0.05, 0.1) is 18.3 Å². The largest absolute Gasteiger partial charge is 0.423 e. The van der Waals surface area contributed by atoms with Gasteiger partial charge in [-0.05, 0) is 69.3 Å².